The van der Waals surface area contributed by atoms with Crippen LogP contribution in [0.1, 0.15) is 11.1 Å². The van der Waals surface area contributed by atoms with Crippen LogP contribution in [0.3, 0.4) is 0 Å². The van der Waals surface area contributed by atoms with Gasteiger partial charge in [-0.3, -0.25) is 4.79 Å². The highest BCUT2D eigenvalue weighted by molar-refractivity contribution is 5.86. The zero-order valence-corrected chi connectivity index (χ0v) is 18.7. The number of nitrogens with one attached hydrogen (secondary N) is 3. The fourth-order valence-electron chi connectivity index (χ4n) is 4.13. The summed E-state index contributed by atoms with van der Waals surface area (Å²) in [5.74, 6) is -0.800. The Morgan fingerprint density at radius 3 is 2.83 bits per heavy atom. The first-order valence-electron chi connectivity index (χ1n) is 10.9. The zero-order chi connectivity index (χ0) is 24.5. The lowest BCUT2D eigenvalue weighted by atomic mass is 10.0. The van der Waals surface area contributed by atoms with Crippen LogP contribution in [-0.2, 0) is 6.42 Å². The Bertz CT molecular complexity index is 1560. The number of aromatic nitrogens is 5. The van der Waals surface area contributed by atoms with Crippen molar-refractivity contribution < 1.29 is 13.9 Å². The molecule has 4 N–H and O–H groups in total. The molecule has 1 atom stereocenters. The molecule has 0 aliphatic rings. The van der Waals surface area contributed by atoms with E-state index in [9.17, 15) is 18.7 Å². The van der Waals surface area contributed by atoms with Crippen molar-refractivity contribution in [2.45, 2.75) is 19.4 Å². The molecule has 5 rings (SSSR count). The highest BCUT2D eigenvalue weighted by atomic mass is 19.1. The van der Waals surface area contributed by atoms with E-state index in [2.05, 4.69) is 25.3 Å². The van der Waals surface area contributed by atoms with Gasteiger partial charge >= 0.3 is 0 Å². The van der Waals surface area contributed by atoms with Crippen LogP contribution >= 0.6 is 0 Å². The van der Waals surface area contributed by atoms with Crippen LogP contribution in [0.25, 0.3) is 28.1 Å². The van der Waals surface area contributed by atoms with Crippen LogP contribution in [0.2, 0.25) is 0 Å². The number of anilines is 1. The average Bonchev–Trinajstić information content (AvgIpc) is 3.51. The summed E-state index contributed by atoms with van der Waals surface area (Å²) in [5.41, 5.74) is 3.61. The molecular formula is C25H22F2N6O2. The van der Waals surface area contributed by atoms with Crippen LogP contribution in [0.15, 0.2) is 66.1 Å². The van der Waals surface area contributed by atoms with Crippen LogP contribution < -0.4 is 10.9 Å². The first kappa shape index (κ1) is 22.5. The molecule has 0 aliphatic carbocycles. The molecule has 3 heterocycles. The van der Waals surface area contributed by atoms with E-state index in [1.54, 1.807) is 18.6 Å². The molecule has 3 aromatic heterocycles. The van der Waals surface area contributed by atoms with E-state index < -0.39 is 23.2 Å². The van der Waals surface area contributed by atoms with E-state index in [0.717, 1.165) is 35.0 Å². The van der Waals surface area contributed by atoms with E-state index in [-0.39, 0.29) is 24.2 Å². The minimum absolute atomic E-state index is 0.0137. The average molecular weight is 476 g/mol. The molecule has 0 spiro atoms. The maximum atomic E-state index is 14.2. The molecule has 0 fully saturated rings. The summed E-state index contributed by atoms with van der Waals surface area (Å²) in [7, 11) is 0. The number of nitrogens with zero attached hydrogens (tertiary/aromatic N) is 3. The molecule has 0 saturated carbocycles. The summed E-state index contributed by atoms with van der Waals surface area (Å²) in [5, 5.41) is 13.0. The topological polar surface area (TPSA) is 112 Å². The quantitative estimate of drug-likeness (QED) is 0.286. The fraction of sp³-hybridized carbons (Fsp3) is 0.160. The molecule has 0 amide bonds. The van der Waals surface area contributed by atoms with Gasteiger partial charge in [0.05, 0.1) is 35.7 Å². The highest BCUT2D eigenvalue weighted by Gasteiger charge is 2.19. The third-order valence-electron chi connectivity index (χ3n) is 5.82. The largest absolute Gasteiger partial charge is 0.394 e. The SMILES string of the molecule is Cc1cc(-n2ccnc2)cc2[nH]c(-c3c(NC(CO)Cc4cc(F)ccc4F)cc[nH]c3=O)nc12. The van der Waals surface area contributed by atoms with E-state index in [1.165, 1.54) is 6.20 Å². The predicted octanol–water partition coefficient (Wildman–Crippen LogP) is 3.71. The van der Waals surface area contributed by atoms with Gasteiger partial charge in [-0.05, 0) is 60.9 Å². The van der Waals surface area contributed by atoms with E-state index in [0.29, 0.717) is 17.0 Å². The number of imidazole rings is 2. The lowest BCUT2D eigenvalue weighted by Crippen LogP contribution is -2.28. The lowest BCUT2D eigenvalue weighted by molar-refractivity contribution is 0.273. The molecule has 0 bridgehead atoms. The van der Waals surface area contributed by atoms with Gasteiger partial charge in [0, 0.05) is 24.3 Å². The second-order valence-corrected chi connectivity index (χ2v) is 8.27. The number of benzene rings is 2. The molecule has 2 aromatic carbocycles. The Kier molecular flexibility index (Phi) is 5.87. The molecular weight excluding hydrogens is 454 g/mol. The minimum atomic E-state index is -0.675. The number of aryl methyl sites for hydroxylation is 1. The maximum Gasteiger partial charge on any atom is 0.261 e. The summed E-state index contributed by atoms with van der Waals surface area (Å²) >= 11 is 0. The molecule has 8 nitrogen and oxygen atoms in total. The van der Waals surface area contributed by atoms with Gasteiger partial charge in [0.2, 0.25) is 0 Å². The number of hydrogen-bond acceptors (Lipinski definition) is 5. The highest BCUT2D eigenvalue weighted by Crippen LogP contribution is 2.28. The second-order valence-electron chi connectivity index (χ2n) is 8.27. The number of rotatable bonds is 7. The first-order valence-corrected chi connectivity index (χ1v) is 10.9. The molecule has 0 aliphatic heterocycles. The van der Waals surface area contributed by atoms with Gasteiger partial charge in [0.25, 0.3) is 5.56 Å². The number of H-pyrrole nitrogens is 2. The monoisotopic (exact) mass is 476 g/mol. The van der Waals surface area contributed by atoms with Gasteiger partial charge in [-0.15, -0.1) is 0 Å². The van der Waals surface area contributed by atoms with Crippen molar-refractivity contribution >= 4 is 16.7 Å². The summed E-state index contributed by atoms with van der Waals surface area (Å²) in [6.07, 6.45) is 6.69. The smallest absolute Gasteiger partial charge is 0.261 e. The van der Waals surface area contributed by atoms with Crippen molar-refractivity contribution in [1.82, 2.24) is 24.5 Å². The third kappa shape index (κ3) is 4.43. The van der Waals surface area contributed by atoms with Gasteiger partial charge in [0.15, 0.2) is 0 Å². The number of aliphatic hydroxyl groups is 1. The van der Waals surface area contributed by atoms with Crippen molar-refractivity contribution in [2.75, 3.05) is 11.9 Å². The molecule has 5 aromatic rings. The summed E-state index contributed by atoms with van der Waals surface area (Å²) < 4.78 is 29.6. The predicted molar refractivity (Wildman–Crippen MR) is 129 cm³/mol. The van der Waals surface area contributed by atoms with Gasteiger partial charge < -0.3 is 25.0 Å². The number of pyridine rings is 1. The van der Waals surface area contributed by atoms with Crippen LogP contribution in [0, 0.1) is 18.6 Å². The van der Waals surface area contributed by atoms with Crippen LogP contribution in [0.4, 0.5) is 14.5 Å². The molecule has 0 saturated heterocycles. The third-order valence-corrected chi connectivity index (χ3v) is 5.82. The summed E-state index contributed by atoms with van der Waals surface area (Å²) in [6, 6.07) is 8.03. The summed E-state index contributed by atoms with van der Waals surface area (Å²) in [6.45, 7) is 1.56. The number of aliphatic hydroxyl groups excluding tert-OH is 1. The van der Waals surface area contributed by atoms with E-state index in [4.69, 9.17) is 0 Å². The lowest BCUT2D eigenvalue weighted by Gasteiger charge is -2.19. The number of hydrogen-bond donors (Lipinski definition) is 4. The Morgan fingerprint density at radius 1 is 1.20 bits per heavy atom. The Balaban J connectivity index is 1.52. The Morgan fingerprint density at radius 2 is 2.06 bits per heavy atom. The van der Waals surface area contributed by atoms with Crippen molar-refractivity contribution in [1.29, 1.82) is 0 Å². The fourth-order valence-corrected chi connectivity index (χ4v) is 4.13. The van der Waals surface area contributed by atoms with E-state index in [1.807, 2.05) is 29.8 Å². The molecule has 0 radical (unpaired) electrons. The van der Waals surface area contributed by atoms with Gasteiger partial charge in [-0.2, -0.15) is 0 Å². The number of aromatic amines is 2. The summed E-state index contributed by atoms with van der Waals surface area (Å²) in [4.78, 5) is 27.4. The van der Waals surface area contributed by atoms with Gasteiger partial charge in [0.1, 0.15) is 23.0 Å². The second kappa shape index (κ2) is 9.15. The van der Waals surface area contributed by atoms with Crippen LogP contribution in [0.5, 0.6) is 0 Å². The van der Waals surface area contributed by atoms with Gasteiger partial charge in [-0.1, -0.05) is 0 Å². The minimum Gasteiger partial charge on any atom is -0.394 e. The first-order chi connectivity index (χ1) is 16.9. The molecule has 1 unspecified atom stereocenters. The number of fused-ring (bicyclic) bond motifs is 1. The normalized spacial score (nSPS) is 12.2. The molecule has 10 heteroatoms. The van der Waals surface area contributed by atoms with E-state index >= 15 is 0 Å². The number of halogens is 2. The standard InChI is InChI=1S/C25H22F2N6O2/c1-14-8-18(33-7-6-28-13-33)11-21-23(14)32-24(31-21)22-20(4-5-29-25(22)35)30-17(12-34)10-15-9-16(26)2-3-19(15)27/h2-9,11,13,17,34H,10,12H2,1H3,(H,31,32)(H2,29,30,35). The van der Waals surface area contributed by atoms with Crippen molar-refractivity contribution in [3.8, 4) is 17.1 Å². The molecule has 35 heavy (non-hydrogen) atoms. The van der Waals surface area contributed by atoms with Crippen molar-refractivity contribution in [3.05, 3.63) is 94.4 Å². The van der Waals surface area contributed by atoms with Crippen molar-refractivity contribution in [3.63, 3.8) is 0 Å². The Labute approximate surface area is 198 Å². The van der Waals surface area contributed by atoms with Crippen molar-refractivity contribution in [2.24, 2.45) is 0 Å². The zero-order valence-electron chi connectivity index (χ0n) is 18.7. The van der Waals surface area contributed by atoms with Gasteiger partial charge in [-0.25, -0.2) is 18.7 Å². The maximum absolute atomic E-state index is 14.2. The Hall–Kier alpha value is -4.31. The van der Waals surface area contributed by atoms with Crippen LogP contribution in [-0.4, -0.2) is 42.3 Å². The molecule has 178 valence electrons.